The second-order valence-electron chi connectivity index (χ2n) is 5.33. The summed E-state index contributed by atoms with van der Waals surface area (Å²) < 4.78 is 11.6. The Morgan fingerprint density at radius 2 is 1.48 bits per heavy atom. The zero-order valence-electron chi connectivity index (χ0n) is 13.5. The maximum atomic E-state index is 8.86. The molecule has 0 spiro atoms. The quantitative estimate of drug-likeness (QED) is 0.307. The Kier molecular flexibility index (Phi) is 5.16. The summed E-state index contributed by atoms with van der Waals surface area (Å²) >= 11 is 0. The summed E-state index contributed by atoms with van der Waals surface area (Å²) in [6, 6.07) is 24.4. The van der Waals surface area contributed by atoms with Gasteiger partial charge in [0.25, 0.3) is 0 Å². The van der Waals surface area contributed by atoms with Crippen molar-refractivity contribution < 1.29 is 14.7 Å². The van der Waals surface area contributed by atoms with Gasteiger partial charge in [-0.25, -0.2) is 0 Å². The van der Waals surface area contributed by atoms with E-state index in [9.17, 15) is 0 Å². The van der Waals surface area contributed by atoms with Gasteiger partial charge in [-0.3, -0.25) is 0 Å². The maximum absolute atomic E-state index is 8.86. The van der Waals surface area contributed by atoms with Crippen LogP contribution in [0.3, 0.4) is 0 Å². The van der Waals surface area contributed by atoms with Gasteiger partial charge in [-0.15, -0.1) is 0 Å². The highest BCUT2D eigenvalue weighted by Crippen LogP contribution is 2.27. The SMILES string of the molecule is N/C(=N/O)c1ccccc1Oc1ccc(OCc2ccccc2)cc1. The minimum absolute atomic E-state index is 0.00147. The largest absolute Gasteiger partial charge is 0.489 e. The zero-order valence-corrected chi connectivity index (χ0v) is 13.5. The van der Waals surface area contributed by atoms with Crippen molar-refractivity contribution >= 4 is 5.84 Å². The van der Waals surface area contributed by atoms with E-state index in [1.54, 1.807) is 18.2 Å². The van der Waals surface area contributed by atoms with Crippen LogP contribution in [-0.4, -0.2) is 11.0 Å². The molecule has 0 saturated carbocycles. The first-order chi connectivity index (χ1) is 12.3. The predicted octanol–water partition coefficient (Wildman–Crippen LogP) is 4.15. The summed E-state index contributed by atoms with van der Waals surface area (Å²) in [6.07, 6.45) is 0. The minimum atomic E-state index is -0.00147. The molecule has 5 nitrogen and oxygen atoms in total. The second kappa shape index (κ2) is 7.88. The molecule has 3 N–H and O–H groups in total. The lowest BCUT2D eigenvalue weighted by atomic mass is 10.2. The summed E-state index contributed by atoms with van der Waals surface area (Å²) in [5, 5.41) is 11.9. The molecule has 0 fully saturated rings. The van der Waals surface area contributed by atoms with Crippen molar-refractivity contribution in [2.75, 3.05) is 0 Å². The van der Waals surface area contributed by atoms with E-state index in [1.165, 1.54) is 0 Å². The van der Waals surface area contributed by atoms with Crippen molar-refractivity contribution in [2.45, 2.75) is 6.61 Å². The third kappa shape index (κ3) is 4.29. The van der Waals surface area contributed by atoms with Crippen LogP contribution >= 0.6 is 0 Å². The van der Waals surface area contributed by atoms with E-state index in [4.69, 9.17) is 20.4 Å². The molecular weight excluding hydrogens is 316 g/mol. The molecule has 25 heavy (non-hydrogen) atoms. The Hall–Kier alpha value is -3.47. The summed E-state index contributed by atoms with van der Waals surface area (Å²) in [5.41, 5.74) is 7.30. The monoisotopic (exact) mass is 334 g/mol. The Bertz CT molecular complexity index is 846. The first-order valence-corrected chi connectivity index (χ1v) is 7.78. The smallest absolute Gasteiger partial charge is 0.173 e. The highest BCUT2D eigenvalue weighted by atomic mass is 16.5. The highest BCUT2D eigenvalue weighted by Gasteiger charge is 2.08. The van der Waals surface area contributed by atoms with Crippen molar-refractivity contribution in [3.8, 4) is 17.2 Å². The van der Waals surface area contributed by atoms with Gasteiger partial charge in [0.05, 0.1) is 5.56 Å². The fourth-order valence-corrected chi connectivity index (χ4v) is 2.29. The van der Waals surface area contributed by atoms with E-state index in [0.29, 0.717) is 23.7 Å². The molecule has 0 radical (unpaired) electrons. The molecule has 0 atom stereocenters. The molecule has 0 aliphatic heterocycles. The van der Waals surface area contributed by atoms with Crippen molar-refractivity contribution in [3.05, 3.63) is 90.0 Å². The van der Waals surface area contributed by atoms with Gasteiger partial charge in [0, 0.05) is 0 Å². The molecule has 0 aliphatic carbocycles. The first kappa shape index (κ1) is 16.4. The number of benzene rings is 3. The summed E-state index contributed by atoms with van der Waals surface area (Å²) in [6.45, 7) is 0.507. The Morgan fingerprint density at radius 1 is 0.840 bits per heavy atom. The van der Waals surface area contributed by atoms with Crippen LogP contribution in [0.2, 0.25) is 0 Å². The van der Waals surface area contributed by atoms with Crippen LogP contribution in [0.4, 0.5) is 0 Å². The number of hydrogen-bond acceptors (Lipinski definition) is 4. The molecule has 0 amide bonds. The van der Waals surface area contributed by atoms with Crippen LogP contribution in [0.1, 0.15) is 11.1 Å². The lowest BCUT2D eigenvalue weighted by Gasteiger charge is -2.11. The minimum Gasteiger partial charge on any atom is -0.489 e. The van der Waals surface area contributed by atoms with Gasteiger partial charge < -0.3 is 20.4 Å². The standard InChI is InChI=1S/C20H18N2O3/c21-20(22-23)18-8-4-5-9-19(18)25-17-12-10-16(11-13-17)24-14-15-6-2-1-3-7-15/h1-13,23H,14H2,(H2,21,22). The molecule has 0 aromatic heterocycles. The van der Waals surface area contributed by atoms with E-state index in [2.05, 4.69) is 5.16 Å². The molecule has 3 aromatic carbocycles. The normalized spacial score (nSPS) is 11.1. The number of hydrogen-bond donors (Lipinski definition) is 2. The van der Waals surface area contributed by atoms with Crippen LogP contribution in [0.15, 0.2) is 84.0 Å². The molecule has 0 bridgehead atoms. The molecule has 0 heterocycles. The number of ether oxygens (including phenoxy) is 2. The Morgan fingerprint density at radius 3 is 2.20 bits per heavy atom. The Balaban J connectivity index is 1.67. The lowest BCUT2D eigenvalue weighted by Crippen LogP contribution is -2.14. The average Bonchev–Trinajstić information content (AvgIpc) is 2.68. The molecule has 0 unspecified atom stereocenters. The molecule has 3 rings (SSSR count). The van der Waals surface area contributed by atoms with E-state index >= 15 is 0 Å². The van der Waals surface area contributed by atoms with Gasteiger partial charge >= 0.3 is 0 Å². The molecule has 126 valence electrons. The van der Waals surface area contributed by atoms with Crippen LogP contribution in [-0.2, 0) is 6.61 Å². The average molecular weight is 334 g/mol. The van der Waals surface area contributed by atoms with Crippen molar-refractivity contribution in [3.63, 3.8) is 0 Å². The number of nitrogens with two attached hydrogens (primary N) is 1. The number of amidine groups is 1. The summed E-state index contributed by atoms with van der Waals surface area (Å²) in [4.78, 5) is 0. The third-order valence-corrected chi connectivity index (χ3v) is 3.57. The van der Waals surface area contributed by atoms with Crippen molar-refractivity contribution in [2.24, 2.45) is 10.9 Å². The Labute approximate surface area is 145 Å². The lowest BCUT2D eigenvalue weighted by molar-refractivity contribution is 0.306. The van der Waals surface area contributed by atoms with E-state index < -0.39 is 0 Å². The van der Waals surface area contributed by atoms with Crippen molar-refractivity contribution in [1.29, 1.82) is 0 Å². The highest BCUT2D eigenvalue weighted by molar-refractivity contribution is 5.99. The molecule has 5 heteroatoms. The van der Waals surface area contributed by atoms with Gasteiger partial charge in [0.15, 0.2) is 5.84 Å². The van der Waals surface area contributed by atoms with Crippen LogP contribution < -0.4 is 15.2 Å². The third-order valence-electron chi connectivity index (χ3n) is 3.57. The number of nitrogens with zero attached hydrogens (tertiary/aromatic N) is 1. The second-order valence-corrected chi connectivity index (χ2v) is 5.33. The van der Waals surface area contributed by atoms with Crippen molar-refractivity contribution in [1.82, 2.24) is 0 Å². The van der Waals surface area contributed by atoms with Gasteiger partial charge in [0.2, 0.25) is 0 Å². The molecule has 0 aliphatic rings. The topological polar surface area (TPSA) is 77.1 Å². The fraction of sp³-hybridized carbons (Fsp3) is 0.0500. The predicted molar refractivity (Wildman–Crippen MR) is 96.2 cm³/mol. The van der Waals surface area contributed by atoms with E-state index in [0.717, 1.165) is 11.3 Å². The first-order valence-electron chi connectivity index (χ1n) is 7.78. The zero-order chi connectivity index (χ0) is 17.5. The molecule has 3 aromatic rings. The van der Waals surface area contributed by atoms with Gasteiger partial charge in [-0.05, 0) is 42.0 Å². The maximum Gasteiger partial charge on any atom is 0.173 e. The summed E-state index contributed by atoms with van der Waals surface area (Å²) in [7, 11) is 0. The fourth-order valence-electron chi connectivity index (χ4n) is 2.29. The van der Waals surface area contributed by atoms with Crippen LogP contribution in [0, 0.1) is 0 Å². The number of para-hydroxylation sites is 1. The van der Waals surface area contributed by atoms with Crippen LogP contribution in [0.25, 0.3) is 0 Å². The molecule has 0 saturated heterocycles. The molecular formula is C20H18N2O3. The van der Waals surface area contributed by atoms with E-state index in [1.807, 2.05) is 60.7 Å². The van der Waals surface area contributed by atoms with Gasteiger partial charge in [0.1, 0.15) is 23.9 Å². The van der Waals surface area contributed by atoms with Gasteiger partial charge in [-0.2, -0.15) is 0 Å². The van der Waals surface area contributed by atoms with Crippen LogP contribution in [0.5, 0.6) is 17.2 Å². The van der Waals surface area contributed by atoms with E-state index in [-0.39, 0.29) is 5.84 Å². The number of rotatable bonds is 6. The summed E-state index contributed by atoms with van der Waals surface area (Å²) in [5.74, 6) is 1.89. The number of oxime groups is 1. The van der Waals surface area contributed by atoms with Gasteiger partial charge in [-0.1, -0.05) is 47.6 Å².